The minimum absolute atomic E-state index is 0.0691. The van der Waals surface area contributed by atoms with Crippen LogP contribution in [0.1, 0.15) is 24.0 Å². The van der Waals surface area contributed by atoms with E-state index < -0.39 is 5.41 Å². The van der Waals surface area contributed by atoms with E-state index in [1.54, 1.807) is 21.3 Å². The Kier molecular flexibility index (Phi) is 5.35. The van der Waals surface area contributed by atoms with Crippen LogP contribution in [-0.2, 0) is 16.6 Å². The molecule has 0 saturated heterocycles. The largest absolute Gasteiger partial charge is 0.496 e. The van der Waals surface area contributed by atoms with Gasteiger partial charge in [-0.3, -0.25) is 4.79 Å². The highest BCUT2D eigenvalue weighted by Crippen LogP contribution is 2.50. The lowest BCUT2D eigenvalue weighted by molar-refractivity contribution is -0.123. The fourth-order valence-electron chi connectivity index (χ4n) is 3.30. The Morgan fingerprint density at radius 2 is 1.65 bits per heavy atom. The number of amides is 1. The molecule has 1 aliphatic rings. The average Bonchev–Trinajstić information content (AvgIpc) is 3.49. The standard InChI is InChI=1S/C21H25NO4/c1-24-17-7-5-4-6-15(17)10-13-22-20(23)21(11-12-21)16-8-9-18(25-2)19(14-16)26-3/h4-9,14H,10-13H2,1-3H3,(H,22,23). The molecular formula is C21H25NO4. The van der Waals surface area contributed by atoms with Crippen LogP contribution in [0, 0.1) is 0 Å². The molecule has 0 spiro atoms. The van der Waals surface area contributed by atoms with Gasteiger partial charge in [-0.15, -0.1) is 0 Å². The molecule has 5 nitrogen and oxygen atoms in total. The number of ether oxygens (including phenoxy) is 3. The summed E-state index contributed by atoms with van der Waals surface area (Å²) in [6.45, 7) is 0.578. The number of methoxy groups -OCH3 is 3. The van der Waals surface area contributed by atoms with Crippen molar-refractivity contribution in [3.05, 3.63) is 53.6 Å². The second kappa shape index (κ2) is 7.68. The summed E-state index contributed by atoms with van der Waals surface area (Å²) >= 11 is 0. The summed E-state index contributed by atoms with van der Waals surface area (Å²) in [4.78, 5) is 12.8. The number of hydrogen-bond acceptors (Lipinski definition) is 4. The number of carbonyl (C=O) groups excluding carboxylic acids is 1. The van der Waals surface area contributed by atoms with Gasteiger partial charge in [-0.1, -0.05) is 24.3 Å². The fraction of sp³-hybridized carbons (Fsp3) is 0.381. The van der Waals surface area contributed by atoms with Gasteiger partial charge in [0.2, 0.25) is 5.91 Å². The van der Waals surface area contributed by atoms with Gasteiger partial charge in [0.25, 0.3) is 0 Å². The smallest absolute Gasteiger partial charge is 0.230 e. The van der Waals surface area contributed by atoms with Crippen molar-refractivity contribution >= 4 is 5.91 Å². The number of benzene rings is 2. The van der Waals surface area contributed by atoms with E-state index in [1.165, 1.54) is 0 Å². The van der Waals surface area contributed by atoms with Gasteiger partial charge in [-0.25, -0.2) is 0 Å². The molecule has 2 aromatic carbocycles. The molecule has 1 saturated carbocycles. The van der Waals surface area contributed by atoms with Gasteiger partial charge in [-0.05, 0) is 48.6 Å². The first-order chi connectivity index (χ1) is 12.6. The van der Waals surface area contributed by atoms with Crippen molar-refractivity contribution in [2.24, 2.45) is 0 Å². The first kappa shape index (κ1) is 18.1. The maximum absolute atomic E-state index is 12.8. The zero-order valence-corrected chi connectivity index (χ0v) is 15.5. The molecule has 0 heterocycles. The monoisotopic (exact) mass is 355 g/mol. The molecule has 5 heteroatoms. The van der Waals surface area contributed by atoms with Crippen LogP contribution < -0.4 is 19.5 Å². The molecule has 0 unspecified atom stereocenters. The van der Waals surface area contributed by atoms with Crippen molar-refractivity contribution in [1.29, 1.82) is 0 Å². The number of nitrogens with one attached hydrogen (secondary N) is 1. The van der Waals surface area contributed by atoms with Crippen LogP contribution in [0.4, 0.5) is 0 Å². The minimum atomic E-state index is -0.444. The molecule has 138 valence electrons. The van der Waals surface area contributed by atoms with Crippen molar-refractivity contribution in [2.75, 3.05) is 27.9 Å². The number of carbonyl (C=O) groups is 1. The first-order valence-corrected chi connectivity index (χ1v) is 8.77. The lowest BCUT2D eigenvalue weighted by atomic mass is 9.94. The zero-order chi connectivity index (χ0) is 18.6. The SMILES string of the molecule is COc1ccccc1CCNC(=O)C1(c2ccc(OC)c(OC)c2)CC1. The third-order valence-corrected chi connectivity index (χ3v) is 4.99. The summed E-state index contributed by atoms with van der Waals surface area (Å²) in [5.74, 6) is 2.24. The Hall–Kier alpha value is -2.69. The summed E-state index contributed by atoms with van der Waals surface area (Å²) in [6.07, 6.45) is 2.43. The van der Waals surface area contributed by atoms with Gasteiger partial charge in [-0.2, -0.15) is 0 Å². The lowest BCUT2D eigenvalue weighted by Crippen LogP contribution is -2.36. The second-order valence-corrected chi connectivity index (χ2v) is 6.47. The molecule has 0 radical (unpaired) electrons. The highest BCUT2D eigenvalue weighted by molar-refractivity contribution is 5.91. The molecule has 1 aliphatic carbocycles. The maximum Gasteiger partial charge on any atom is 0.230 e. The molecular weight excluding hydrogens is 330 g/mol. The number of para-hydroxylation sites is 1. The van der Waals surface area contributed by atoms with E-state index in [4.69, 9.17) is 14.2 Å². The van der Waals surface area contributed by atoms with Crippen molar-refractivity contribution in [3.63, 3.8) is 0 Å². The molecule has 0 aliphatic heterocycles. The Bertz CT molecular complexity index is 783. The Labute approximate surface area is 154 Å². The third-order valence-electron chi connectivity index (χ3n) is 4.99. The van der Waals surface area contributed by atoms with E-state index in [0.717, 1.165) is 36.1 Å². The highest BCUT2D eigenvalue weighted by atomic mass is 16.5. The van der Waals surface area contributed by atoms with Crippen molar-refractivity contribution in [3.8, 4) is 17.2 Å². The van der Waals surface area contributed by atoms with Crippen molar-refractivity contribution < 1.29 is 19.0 Å². The Morgan fingerprint density at radius 1 is 0.962 bits per heavy atom. The van der Waals surface area contributed by atoms with E-state index in [1.807, 2.05) is 42.5 Å². The molecule has 1 amide bonds. The maximum atomic E-state index is 12.8. The molecule has 1 N–H and O–H groups in total. The van der Waals surface area contributed by atoms with E-state index in [9.17, 15) is 4.79 Å². The highest BCUT2D eigenvalue weighted by Gasteiger charge is 2.51. The van der Waals surface area contributed by atoms with Gasteiger partial charge >= 0.3 is 0 Å². The summed E-state index contributed by atoms with van der Waals surface area (Å²) in [5, 5.41) is 3.08. The normalized spacial score (nSPS) is 14.4. The molecule has 0 atom stereocenters. The van der Waals surface area contributed by atoms with Gasteiger partial charge < -0.3 is 19.5 Å². The van der Waals surface area contributed by atoms with Gasteiger partial charge in [0, 0.05) is 6.54 Å². The van der Waals surface area contributed by atoms with Crippen LogP contribution in [0.3, 0.4) is 0 Å². The summed E-state index contributed by atoms with van der Waals surface area (Å²) < 4.78 is 16.0. The minimum Gasteiger partial charge on any atom is -0.496 e. The van der Waals surface area contributed by atoms with Crippen LogP contribution in [-0.4, -0.2) is 33.8 Å². The molecule has 1 fully saturated rings. The quantitative estimate of drug-likeness (QED) is 0.791. The van der Waals surface area contributed by atoms with E-state index >= 15 is 0 Å². The van der Waals surface area contributed by atoms with Crippen molar-refractivity contribution in [1.82, 2.24) is 5.32 Å². The topological polar surface area (TPSA) is 56.8 Å². The zero-order valence-electron chi connectivity index (χ0n) is 15.5. The van der Waals surface area contributed by atoms with Gasteiger partial charge in [0.05, 0.1) is 26.7 Å². The van der Waals surface area contributed by atoms with Crippen LogP contribution in [0.2, 0.25) is 0 Å². The number of rotatable bonds is 8. The Balaban J connectivity index is 1.66. The molecule has 3 rings (SSSR count). The molecule has 2 aromatic rings. The lowest BCUT2D eigenvalue weighted by Gasteiger charge is -2.18. The van der Waals surface area contributed by atoms with Crippen LogP contribution in [0.25, 0.3) is 0 Å². The Morgan fingerprint density at radius 3 is 2.31 bits per heavy atom. The predicted molar refractivity (Wildman–Crippen MR) is 100 cm³/mol. The van der Waals surface area contributed by atoms with Crippen LogP contribution >= 0.6 is 0 Å². The predicted octanol–water partition coefficient (Wildman–Crippen LogP) is 3.10. The summed E-state index contributed by atoms with van der Waals surface area (Å²) in [6, 6.07) is 13.6. The third kappa shape index (κ3) is 3.47. The molecule has 0 bridgehead atoms. The number of hydrogen-bond donors (Lipinski definition) is 1. The first-order valence-electron chi connectivity index (χ1n) is 8.77. The second-order valence-electron chi connectivity index (χ2n) is 6.47. The summed E-state index contributed by atoms with van der Waals surface area (Å²) in [5.41, 5.74) is 1.62. The van der Waals surface area contributed by atoms with E-state index in [2.05, 4.69) is 5.32 Å². The van der Waals surface area contributed by atoms with Gasteiger partial charge in [0.15, 0.2) is 11.5 Å². The molecule has 0 aromatic heterocycles. The van der Waals surface area contributed by atoms with Crippen molar-refractivity contribution in [2.45, 2.75) is 24.7 Å². The van der Waals surface area contributed by atoms with E-state index in [0.29, 0.717) is 18.0 Å². The average molecular weight is 355 g/mol. The van der Waals surface area contributed by atoms with Gasteiger partial charge in [0.1, 0.15) is 5.75 Å². The summed E-state index contributed by atoms with van der Waals surface area (Å²) in [7, 11) is 4.87. The van der Waals surface area contributed by atoms with Crippen LogP contribution in [0.5, 0.6) is 17.2 Å². The van der Waals surface area contributed by atoms with Crippen LogP contribution in [0.15, 0.2) is 42.5 Å². The molecule has 26 heavy (non-hydrogen) atoms. The van der Waals surface area contributed by atoms with E-state index in [-0.39, 0.29) is 5.91 Å². The fourth-order valence-corrected chi connectivity index (χ4v) is 3.30.